The van der Waals surface area contributed by atoms with Gasteiger partial charge >= 0.3 is 0 Å². The zero-order valence-electron chi connectivity index (χ0n) is 11.1. The molecule has 18 heavy (non-hydrogen) atoms. The molecular weight excluding hydrogens is 229 g/mol. The summed E-state index contributed by atoms with van der Waals surface area (Å²) in [6.45, 7) is 6.64. The van der Waals surface area contributed by atoms with Gasteiger partial charge in [-0.3, -0.25) is 0 Å². The van der Waals surface area contributed by atoms with Crippen LogP contribution in [0.4, 0.5) is 4.39 Å². The van der Waals surface area contributed by atoms with Gasteiger partial charge in [-0.1, -0.05) is 19.1 Å². The van der Waals surface area contributed by atoms with Crippen LogP contribution in [0.15, 0.2) is 24.3 Å². The smallest absolute Gasteiger partial charge is 0.165 e. The lowest BCUT2D eigenvalue weighted by atomic mass is 10.0. The van der Waals surface area contributed by atoms with E-state index in [0.29, 0.717) is 12.4 Å². The average molecular weight is 252 g/mol. The van der Waals surface area contributed by atoms with Gasteiger partial charge in [0.1, 0.15) is 0 Å². The van der Waals surface area contributed by atoms with Crippen LogP contribution in [0.2, 0.25) is 0 Å². The summed E-state index contributed by atoms with van der Waals surface area (Å²) in [4.78, 5) is 1.67. The summed E-state index contributed by atoms with van der Waals surface area (Å²) < 4.78 is 18.8. The van der Waals surface area contributed by atoms with Gasteiger partial charge in [-0.25, -0.2) is 4.39 Å². The summed E-state index contributed by atoms with van der Waals surface area (Å²) in [5.41, 5.74) is 0. The monoisotopic (exact) mass is 252 g/mol. The number of nitrogens with one attached hydrogen (secondary N) is 1. The molecule has 2 atom stereocenters. The number of hydrogen-bond donors (Lipinski definition) is 1. The summed E-state index contributed by atoms with van der Waals surface area (Å²) in [6.07, 6.45) is 3.70. The van der Waals surface area contributed by atoms with Crippen molar-refractivity contribution in [1.82, 2.24) is 0 Å². The number of benzene rings is 1. The molecule has 100 valence electrons. The van der Waals surface area contributed by atoms with E-state index in [1.807, 2.05) is 0 Å². The van der Waals surface area contributed by atoms with Crippen LogP contribution in [0.3, 0.4) is 0 Å². The second-order valence-corrected chi connectivity index (χ2v) is 5.33. The van der Waals surface area contributed by atoms with Crippen LogP contribution in [0.1, 0.15) is 26.2 Å². The van der Waals surface area contributed by atoms with Crippen LogP contribution in [0, 0.1) is 11.7 Å². The zero-order chi connectivity index (χ0) is 12.8. The third-order valence-electron chi connectivity index (χ3n) is 3.63. The molecule has 1 aromatic carbocycles. The van der Waals surface area contributed by atoms with Crippen LogP contribution >= 0.6 is 0 Å². The van der Waals surface area contributed by atoms with Gasteiger partial charge in [-0.2, -0.15) is 0 Å². The molecule has 0 aromatic heterocycles. The average Bonchev–Trinajstić information content (AvgIpc) is 2.37. The van der Waals surface area contributed by atoms with Crippen LogP contribution < -0.4 is 9.64 Å². The van der Waals surface area contributed by atoms with Crippen LogP contribution in [0.25, 0.3) is 0 Å². The molecule has 1 saturated heterocycles. The third kappa shape index (κ3) is 3.98. The lowest BCUT2D eigenvalue weighted by molar-refractivity contribution is -0.908. The Morgan fingerprint density at radius 1 is 1.39 bits per heavy atom. The highest BCUT2D eigenvalue weighted by molar-refractivity contribution is 5.23. The van der Waals surface area contributed by atoms with Crippen molar-refractivity contribution in [3.8, 4) is 5.75 Å². The van der Waals surface area contributed by atoms with Crippen molar-refractivity contribution in [3.63, 3.8) is 0 Å². The summed E-state index contributed by atoms with van der Waals surface area (Å²) in [5, 5.41) is 0. The maximum Gasteiger partial charge on any atom is 0.165 e. The predicted octanol–water partition coefficient (Wildman–Crippen LogP) is 1.91. The number of piperidine rings is 1. The second-order valence-electron chi connectivity index (χ2n) is 5.33. The van der Waals surface area contributed by atoms with Crippen molar-refractivity contribution in [1.29, 1.82) is 0 Å². The molecular formula is C15H23FNO+. The zero-order valence-corrected chi connectivity index (χ0v) is 11.1. The maximum atomic E-state index is 13.3. The molecule has 1 aliphatic heterocycles. The van der Waals surface area contributed by atoms with Crippen molar-refractivity contribution in [2.24, 2.45) is 5.92 Å². The first-order valence-corrected chi connectivity index (χ1v) is 6.96. The number of quaternary nitrogens is 1. The van der Waals surface area contributed by atoms with Crippen molar-refractivity contribution in [2.45, 2.75) is 26.2 Å². The Balaban J connectivity index is 1.65. The van der Waals surface area contributed by atoms with E-state index in [0.717, 1.165) is 18.9 Å². The number of rotatable bonds is 5. The highest BCUT2D eigenvalue weighted by Gasteiger charge is 2.18. The molecule has 3 heteroatoms. The number of hydrogen-bond acceptors (Lipinski definition) is 1. The van der Waals surface area contributed by atoms with Crippen molar-refractivity contribution in [3.05, 3.63) is 30.1 Å². The maximum absolute atomic E-state index is 13.3. The molecule has 1 fully saturated rings. The minimum Gasteiger partial charge on any atom is -0.490 e. The SMILES string of the molecule is C[C@@H]1CCC[NH+](CCCOc2ccccc2F)C1. The molecule has 1 N–H and O–H groups in total. The van der Waals surface area contributed by atoms with E-state index in [1.54, 1.807) is 23.1 Å². The van der Waals surface area contributed by atoms with E-state index in [1.165, 1.54) is 32.0 Å². The second kappa shape index (κ2) is 6.74. The van der Waals surface area contributed by atoms with Crippen molar-refractivity contribution in [2.75, 3.05) is 26.2 Å². The first-order valence-electron chi connectivity index (χ1n) is 6.96. The Hall–Kier alpha value is -1.09. The molecule has 1 unspecified atom stereocenters. The predicted molar refractivity (Wildman–Crippen MR) is 70.5 cm³/mol. The fourth-order valence-electron chi connectivity index (χ4n) is 2.69. The third-order valence-corrected chi connectivity index (χ3v) is 3.63. The van der Waals surface area contributed by atoms with Gasteiger partial charge in [-0.05, 0) is 25.0 Å². The fraction of sp³-hybridized carbons (Fsp3) is 0.600. The lowest BCUT2D eigenvalue weighted by Gasteiger charge is -2.27. The van der Waals surface area contributed by atoms with Gasteiger partial charge in [0.15, 0.2) is 11.6 Å². The first kappa shape index (κ1) is 13.3. The standard InChI is InChI=1S/C15H22FNO/c1-13-6-4-9-17(12-13)10-5-11-18-15-8-3-2-7-14(15)16/h2-3,7-8,13H,4-6,9-12H2,1H3/p+1/t13-/m1/s1. The van der Waals surface area contributed by atoms with E-state index in [2.05, 4.69) is 6.92 Å². The number of ether oxygens (including phenoxy) is 1. The van der Waals surface area contributed by atoms with E-state index in [-0.39, 0.29) is 5.82 Å². The van der Waals surface area contributed by atoms with E-state index < -0.39 is 0 Å². The Morgan fingerprint density at radius 3 is 3.00 bits per heavy atom. The molecule has 0 aliphatic carbocycles. The molecule has 1 aliphatic rings. The van der Waals surface area contributed by atoms with Gasteiger partial charge < -0.3 is 9.64 Å². The Kier molecular flexibility index (Phi) is 5.00. The number of halogens is 1. The summed E-state index contributed by atoms with van der Waals surface area (Å²) in [7, 11) is 0. The minimum atomic E-state index is -0.267. The van der Waals surface area contributed by atoms with E-state index >= 15 is 0 Å². The van der Waals surface area contributed by atoms with Gasteiger partial charge in [0.2, 0.25) is 0 Å². The van der Waals surface area contributed by atoms with Crippen LogP contribution in [-0.2, 0) is 0 Å². The van der Waals surface area contributed by atoms with E-state index in [4.69, 9.17) is 4.74 Å². The molecule has 0 bridgehead atoms. The van der Waals surface area contributed by atoms with Crippen LogP contribution in [-0.4, -0.2) is 26.2 Å². The molecule has 0 spiro atoms. The Bertz CT molecular complexity index is 369. The first-order chi connectivity index (χ1) is 8.75. The van der Waals surface area contributed by atoms with Crippen LogP contribution in [0.5, 0.6) is 5.75 Å². The molecule has 0 radical (unpaired) electrons. The van der Waals surface area contributed by atoms with Gasteiger partial charge in [0, 0.05) is 12.3 Å². The molecule has 2 rings (SSSR count). The molecule has 2 nitrogen and oxygen atoms in total. The normalized spacial score (nSPS) is 23.9. The van der Waals surface area contributed by atoms with Gasteiger partial charge in [0.25, 0.3) is 0 Å². The van der Waals surface area contributed by atoms with Gasteiger partial charge in [-0.15, -0.1) is 0 Å². The quantitative estimate of drug-likeness (QED) is 0.790. The number of para-hydroxylation sites is 1. The lowest BCUT2D eigenvalue weighted by Crippen LogP contribution is -3.13. The largest absolute Gasteiger partial charge is 0.490 e. The molecule has 1 aromatic rings. The van der Waals surface area contributed by atoms with Crippen molar-refractivity contribution < 1.29 is 14.0 Å². The highest BCUT2D eigenvalue weighted by atomic mass is 19.1. The number of likely N-dealkylation sites (tertiary alicyclic amines) is 1. The van der Waals surface area contributed by atoms with Crippen molar-refractivity contribution >= 4 is 0 Å². The van der Waals surface area contributed by atoms with E-state index in [9.17, 15) is 4.39 Å². The Labute approximate surface area is 109 Å². The summed E-state index contributed by atoms with van der Waals surface area (Å²) >= 11 is 0. The summed E-state index contributed by atoms with van der Waals surface area (Å²) in [6, 6.07) is 6.61. The topological polar surface area (TPSA) is 13.7 Å². The van der Waals surface area contributed by atoms with Gasteiger partial charge in [0.05, 0.1) is 26.2 Å². The molecule has 0 amide bonds. The highest BCUT2D eigenvalue weighted by Crippen LogP contribution is 2.15. The summed E-state index contributed by atoms with van der Waals surface area (Å²) in [5.74, 6) is 0.956. The minimum absolute atomic E-state index is 0.267. The Morgan fingerprint density at radius 2 is 2.22 bits per heavy atom. The molecule has 0 saturated carbocycles. The fourth-order valence-corrected chi connectivity index (χ4v) is 2.69. The molecule has 1 heterocycles.